The fourth-order valence-corrected chi connectivity index (χ4v) is 2.93. The smallest absolute Gasteiger partial charge is 0.147 e. The van der Waals surface area contributed by atoms with E-state index in [-0.39, 0.29) is 11.6 Å². The van der Waals surface area contributed by atoms with Crippen molar-refractivity contribution in [2.45, 2.75) is 33.6 Å². The van der Waals surface area contributed by atoms with E-state index in [4.69, 9.17) is 0 Å². The maximum absolute atomic E-state index is 11.9. The van der Waals surface area contributed by atoms with E-state index in [0.717, 1.165) is 28.5 Å². The van der Waals surface area contributed by atoms with Crippen LogP contribution in [0.5, 0.6) is 0 Å². The summed E-state index contributed by atoms with van der Waals surface area (Å²) in [6, 6.07) is 6.15. The summed E-state index contributed by atoms with van der Waals surface area (Å²) < 4.78 is 1.01. The first-order valence-electron chi connectivity index (χ1n) is 6.37. The van der Waals surface area contributed by atoms with Crippen LogP contribution in [0.3, 0.4) is 0 Å². The van der Waals surface area contributed by atoms with Crippen LogP contribution in [0.15, 0.2) is 28.2 Å². The number of carbonyl (C=O) groups excluding carboxylic acids is 2. The van der Waals surface area contributed by atoms with Crippen molar-refractivity contribution in [2.24, 2.45) is 5.41 Å². The summed E-state index contributed by atoms with van der Waals surface area (Å²) in [4.78, 5) is 23.8. The van der Waals surface area contributed by atoms with Gasteiger partial charge in [-0.15, -0.1) is 0 Å². The largest absolute Gasteiger partial charge is 0.299 e. The van der Waals surface area contributed by atoms with Crippen LogP contribution in [0.4, 0.5) is 0 Å². The van der Waals surface area contributed by atoms with Crippen LogP contribution in [-0.2, 0) is 16.0 Å². The van der Waals surface area contributed by atoms with E-state index in [0.29, 0.717) is 0 Å². The maximum atomic E-state index is 11.9. The Kier molecular flexibility index (Phi) is 3.77. The van der Waals surface area contributed by atoms with Gasteiger partial charge in [0.15, 0.2) is 0 Å². The lowest BCUT2D eigenvalue weighted by Crippen LogP contribution is -2.36. The zero-order valence-corrected chi connectivity index (χ0v) is 13.0. The molecule has 0 atom stereocenters. The summed E-state index contributed by atoms with van der Waals surface area (Å²) in [6.07, 6.45) is 3.65. The summed E-state index contributed by atoms with van der Waals surface area (Å²) in [7, 11) is 0. The summed E-state index contributed by atoms with van der Waals surface area (Å²) in [5.41, 5.74) is 2.32. The molecular formula is C16H17BrO2. The van der Waals surface area contributed by atoms with Gasteiger partial charge < -0.3 is 0 Å². The molecule has 100 valence electrons. The number of aryl methyl sites for hydroxylation is 1. The van der Waals surface area contributed by atoms with Crippen molar-refractivity contribution in [3.63, 3.8) is 0 Å². The Morgan fingerprint density at radius 1 is 1.16 bits per heavy atom. The van der Waals surface area contributed by atoms with Crippen LogP contribution in [-0.4, -0.2) is 11.6 Å². The lowest BCUT2D eigenvalue weighted by atomic mass is 9.71. The summed E-state index contributed by atoms with van der Waals surface area (Å²) in [5, 5.41) is 0. The van der Waals surface area contributed by atoms with E-state index in [2.05, 4.69) is 22.0 Å². The van der Waals surface area contributed by atoms with Gasteiger partial charge in [-0.1, -0.05) is 28.1 Å². The minimum absolute atomic E-state index is 0.0790. The minimum Gasteiger partial charge on any atom is -0.299 e. The number of halogens is 1. The highest BCUT2D eigenvalue weighted by atomic mass is 79.9. The standard InChI is InChI=1S/C16H17BrO2/c1-10(18)16(3,11(2)19)14-6-4-12-5-7-15(17)9-13(12)8-14/h5,7-9H,4,6H2,1-3H3. The molecule has 0 aromatic heterocycles. The third-order valence-corrected chi connectivity index (χ3v) is 4.65. The van der Waals surface area contributed by atoms with E-state index < -0.39 is 5.41 Å². The van der Waals surface area contributed by atoms with Gasteiger partial charge in [0.2, 0.25) is 0 Å². The average Bonchev–Trinajstić information content (AvgIpc) is 2.36. The molecule has 0 amide bonds. The van der Waals surface area contributed by atoms with Gasteiger partial charge in [-0.3, -0.25) is 9.59 Å². The second kappa shape index (κ2) is 5.04. The number of hydrogen-bond acceptors (Lipinski definition) is 2. The van der Waals surface area contributed by atoms with Crippen molar-refractivity contribution < 1.29 is 9.59 Å². The van der Waals surface area contributed by atoms with E-state index in [9.17, 15) is 9.59 Å². The Morgan fingerprint density at radius 2 is 1.79 bits per heavy atom. The fraction of sp³-hybridized carbons (Fsp3) is 0.375. The third-order valence-electron chi connectivity index (χ3n) is 4.15. The predicted molar refractivity (Wildman–Crippen MR) is 79.9 cm³/mol. The van der Waals surface area contributed by atoms with Crippen molar-refractivity contribution >= 4 is 33.6 Å². The normalized spacial score (nSPS) is 14.6. The zero-order chi connectivity index (χ0) is 14.2. The second-order valence-electron chi connectivity index (χ2n) is 5.25. The molecule has 0 bridgehead atoms. The van der Waals surface area contributed by atoms with Crippen LogP contribution in [0, 0.1) is 5.41 Å². The van der Waals surface area contributed by atoms with Crippen LogP contribution in [0.1, 0.15) is 38.3 Å². The number of rotatable bonds is 3. The topological polar surface area (TPSA) is 34.1 Å². The third kappa shape index (κ3) is 2.44. The highest BCUT2D eigenvalue weighted by Crippen LogP contribution is 2.38. The molecule has 0 aliphatic heterocycles. The van der Waals surface area contributed by atoms with Gasteiger partial charge in [-0.2, -0.15) is 0 Å². The van der Waals surface area contributed by atoms with Gasteiger partial charge >= 0.3 is 0 Å². The van der Waals surface area contributed by atoms with Crippen LogP contribution >= 0.6 is 15.9 Å². The second-order valence-corrected chi connectivity index (χ2v) is 6.17. The molecule has 0 spiro atoms. The molecule has 0 N–H and O–H groups in total. The SMILES string of the molecule is CC(=O)C(C)(C(C)=O)C1=Cc2cc(Br)ccc2CC1. The lowest BCUT2D eigenvalue weighted by Gasteiger charge is -2.30. The van der Waals surface area contributed by atoms with Gasteiger partial charge in [0.1, 0.15) is 17.0 Å². The van der Waals surface area contributed by atoms with Crippen molar-refractivity contribution in [3.05, 3.63) is 39.4 Å². The first-order valence-corrected chi connectivity index (χ1v) is 7.16. The van der Waals surface area contributed by atoms with Gasteiger partial charge in [0.05, 0.1) is 0 Å². The summed E-state index contributed by atoms with van der Waals surface area (Å²) in [6.45, 7) is 4.74. The Morgan fingerprint density at radius 3 is 2.37 bits per heavy atom. The molecule has 0 fully saturated rings. The zero-order valence-electron chi connectivity index (χ0n) is 11.4. The number of Topliss-reactive ketones (excluding diaryl/α,β-unsaturated/α-hetero) is 2. The Bertz CT molecular complexity index is 570. The number of allylic oxidation sites excluding steroid dienone is 1. The summed E-state index contributed by atoms with van der Waals surface area (Å²) >= 11 is 3.46. The highest BCUT2D eigenvalue weighted by Gasteiger charge is 2.39. The number of hydrogen-bond donors (Lipinski definition) is 0. The van der Waals surface area contributed by atoms with Gasteiger partial charge in [0, 0.05) is 4.47 Å². The molecule has 2 rings (SSSR count). The molecule has 0 heterocycles. The average molecular weight is 321 g/mol. The van der Waals surface area contributed by atoms with Crippen molar-refractivity contribution in [1.29, 1.82) is 0 Å². The van der Waals surface area contributed by atoms with Crippen LogP contribution < -0.4 is 0 Å². The van der Waals surface area contributed by atoms with Gasteiger partial charge in [-0.05, 0) is 62.4 Å². The molecule has 1 aliphatic carbocycles. The molecule has 0 radical (unpaired) electrons. The monoisotopic (exact) mass is 320 g/mol. The lowest BCUT2D eigenvalue weighted by molar-refractivity contribution is -0.134. The Balaban J connectivity index is 2.53. The predicted octanol–water partition coefficient (Wildman–Crippen LogP) is 3.96. The molecule has 19 heavy (non-hydrogen) atoms. The number of carbonyl (C=O) groups is 2. The van der Waals surface area contributed by atoms with Crippen molar-refractivity contribution in [2.75, 3.05) is 0 Å². The van der Waals surface area contributed by atoms with E-state index in [1.807, 2.05) is 18.2 Å². The molecule has 0 unspecified atom stereocenters. The number of ketones is 2. The van der Waals surface area contributed by atoms with Crippen LogP contribution in [0.25, 0.3) is 6.08 Å². The molecule has 2 nitrogen and oxygen atoms in total. The minimum atomic E-state index is -0.972. The number of benzene rings is 1. The van der Waals surface area contributed by atoms with E-state index in [1.54, 1.807) is 6.92 Å². The molecule has 1 aromatic rings. The van der Waals surface area contributed by atoms with E-state index in [1.165, 1.54) is 19.4 Å². The van der Waals surface area contributed by atoms with Crippen LogP contribution in [0.2, 0.25) is 0 Å². The highest BCUT2D eigenvalue weighted by molar-refractivity contribution is 9.10. The molecule has 1 aliphatic rings. The quantitative estimate of drug-likeness (QED) is 0.790. The van der Waals surface area contributed by atoms with Gasteiger partial charge in [-0.25, -0.2) is 0 Å². The van der Waals surface area contributed by atoms with E-state index >= 15 is 0 Å². The summed E-state index contributed by atoms with van der Waals surface area (Å²) in [5.74, 6) is -0.158. The fourth-order valence-electron chi connectivity index (χ4n) is 2.55. The van der Waals surface area contributed by atoms with Crippen molar-refractivity contribution in [3.8, 4) is 0 Å². The molecule has 3 heteroatoms. The van der Waals surface area contributed by atoms with Gasteiger partial charge in [0.25, 0.3) is 0 Å². The molecular weight excluding hydrogens is 304 g/mol. The maximum Gasteiger partial charge on any atom is 0.147 e. The first kappa shape index (κ1) is 14.2. The molecule has 1 aromatic carbocycles. The number of fused-ring (bicyclic) bond motifs is 1. The Labute approximate surface area is 122 Å². The first-order chi connectivity index (χ1) is 8.85. The Hall–Kier alpha value is -1.22. The van der Waals surface area contributed by atoms with Crippen molar-refractivity contribution in [1.82, 2.24) is 0 Å². The molecule has 0 saturated carbocycles. The molecule has 0 saturated heterocycles.